The molecule has 148 valence electrons. The Morgan fingerprint density at radius 3 is 2.37 bits per heavy atom. The van der Waals surface area contributed by atoms with E-state index >= 15 is 0 Å². The molecule has 0 aliphatic carbocycles. The summed E-state index contributed by atoms with van der Waals surface area (Å²) in [4.78, 5) is 1.62. The van der Waals surface area contributed by atoms with E-state index in [0.29, 0.717) is 31.1 Å². The molecule has 0 amide bonds. The highest BCUT2D eigenvalue weighted by molar-refractivity contribution is 7.89. The third kappa shape index (κ3) is 4.57. The van der Waals surface area contributed by atoms with Gasteiger partial charge in [-0.05, 0) is 26.3 Å². The highest BCUT2D eigenvalue weighted by Gasteiger charge is 2.30. The first-order valence-electron chi connectivity index (χ1n) is 9.28. The molecule has 0 saturated carbocycles. The molecule has 1 atom stereocenters. The number of benzene rings is 1. The average molecular weight is 394 g/mol. The van der Waals surface area contributed by atoms with Crippen molar-refractivity contribution in [1.29, 1.82) is 0 Å². The number of nitrogens with one attached hydrogen (secondary N) is 2. The lowest BCUT2D eigenvalue weighted by molar-refractivity contribution is -0.909. The largest absolute Gasteiger partial charge is 0.370 e. The van der Waals surface area contributed by atoms with E-state index in [2.05, 4.69) is 9.82 Å². The van der Waals surface area contributed by atoms with Gasteiger partial charge in [-0.15, -0.1) is 0 Å². The Kier molecular flexibility index (Phi) is 6.00. The van der Waals surface area contributed by atoms with Gasteiger partial charge in [0.1, 0.15) is 18.0 Å². The van der Waals surface area contributed by atoms with E-state index in [0.717, 1.165) is 24.2 Å². The zero-order valence-electron chi connectivity index (χ0n) is 16.4. The van der Waals surface area contributed by atoms with Gasteiger partial charge in [0.05, 0.1) is 37.2 Å². The van der Waals surface area contributed by atoms with E-state index in [1.807, 2.05) is 31.2 Å². The smallest absolute Gasteiger partial charge is 0.245 e. The molecule has 1 aromatic carbocycles. The van der Waals surface area contributed by atoms with Gasteiger partial charge in [0, 0.05) is 7.05 Å². The minimum absolute atomic E-state index is 0.277. The second-order valence-corrected chi connectivity index (χ2v) is 8.93. The van der Waals surface area contributed by atoms with Crippen LogP contribution in [0.1, 0.15) is 28.6 Å². The number of aryl methyl sites for hydroxylation is 3. The van der Waals surface area contributed by atoms with Crippen LogP contribution in [0, 0.1) is 20.8 Å². The molecule has 1 aromatic heterocycles. The molecule has 1 fully saturated rings. The van der Waals surface area contributed by atoms with E-state index in [1.165, 1.54) is 4.90 Å². The summed E-state index contributed by atoms with van der Waals surface area (Å²) in [5, 5.41) is 4.26. The van der Waals surface area contributed by atoms with E-state index in [1.54, 1.807) is 25.6 Å². The molecule has 2 heterocycles. The van der Waals surface area contributed by atoms with Gasteiger partial charge in [-0.2, -0.15) is 9.82 Å². The van der Waals surface area contributed by atoms with Crippen molar-refractivity contribution < 1.29 is 18.1 Å². The molecule has 27 heavy (non-hydrogen) atoms. The van der Waals surface area contributed by atoms with Crippen molar-refractivity contribution in [2.45, 2.75) is 31.7 Å². The highest BCUT2D eigenvalue weighted by atomic mass is 32.2. The Hall–Kier alpha value is -1.74. The quantitative estimate of drug-likeness (QED) is 0.739. The fourth-order valence-electron chi connectivity index (χ4n) is 3.57. The lowest BCUT2D eigenvalue weighted by atomic mass is 10.1. The molecule has 1 saturated heterocycles. The predicted octanol–water partition coefficient (Wildman–Crippen LogP) is 0.280. The monoisotopic (exact) mass is 393 g/mol. The third-order valence-electron chi connectivity index (χ3n) is 5.18. The van der Waals surface area contributed by atoms with E-state index < -0.39 is 10.0 Å². The summed E-state index contributed by atoms with van der Waals surface area (Å²) in [6, 6.07) is 7.75. The first-order chi connectivity index (χ1) is 12.8. The Balaban J connectivity index is 1.90. The lowest BCUT2D eigenvalue weighted by Crippen LogP contribution is -3.14. The summed E-state index contributed by atoms with van der Waals surface area (Å²) in [5.41, 5.74) is 3.28. The van der Waals surface area contributed by atoms with Crippen LogP contribution in [0.15, 0.2) is 29.2 Å². The highest BCUT2D eigenvalue weighted by Crippen LogP contribution is 2.22. The van der Waals surface area contributed by atoms with Crippen LogP contribution in [0.3, 0.4) is 0 Å². The summed E-state index contributed by atoms with van der Waals surface area (Å²) in [5.74, 6) is 0. The minimum Gasteiger partial charge on any atom is -0.370 e. The summed E-state index contributed by atoms with van der Waals surface area (Å²) in [7, 11) is -1.93. The molecule has 0 unspecified atom stereocenters. The fourth-order valence-corrected chi connectivity index (χ4v) is 5.23. The maximum absolute atomic E-state index is 13.2. The van der Waals surface area contributed by atoms with E-state index in [-0.39, 0.29) is 10.9 Å². The molecule has 1 aliphatic heterocycles. The minimum atomic E-state index is -3.69. The Bertz CT molecular complexity index is 884. The molecule has 2 N–H and O–H groups in total. The second kappa shape index (κ2) is 8.10. The van der Waals surface area contributed by atoms with Crippen molar-refractivity contribution in [2.75, 3.05) is 32.8 Å². The number of rotatable bonds is 6. The van der Waals surface area contributed by atoms with Crippen molar-refractivity contribution >= 4 is 10.0 Å². The van der Waals surface area contributed by atoms with Gasteiger partial charge < -0.3 is 9.64 Å². The summed E-state index contributed by atoms with van der Waals surface area (Å²) >= 11 is 0. The van der Waals surface area contributed by atoms with Crippen molar-refractivity contribution in [3.8, 4) is 0 Å². The van der Waals surface area contributed by atoms with Gasteiger partial charge in [0.2, 0.25) is 10.0 Å². The number of quaternary nitrogens is 1. The van der Waals surface area contributed by atoms with Crippen molar-refractivity contribution in [3.63, 3.8) is 0 Å². The maximum atomic E-state index is 13.2. The van der Waals surface area contributed by atoms with E-state index in [9.17, 15) is 8.42 Å². The van der Waals surface area contributed by atoms with Gasteiger partial charge in [-0.3, -0.25) is 4.68 Å². The van der Waals surface area contributed by atoms with Crippen molar-refractivity contribution in [2.24, 2.45) is 7.05 Å². The molecular weight excluding hydrogens is 364 g/mol. The molecular formula is C19H29N4O3S+. The standard InChI is InChI=1S/C19H28N4O3S/c1-14-5-7-17(8-6-14)18(13-23-9-11-26-12-10-23)21-27(24,25)19-15(2)20-22(4)16(19)3/h5-8,18,21H,9-13H2,1-4H3/p+1/t18-/m0/s1. The molecule has 3 rings (SSSR count). The zero-order valence-corrected chi connectivity index (χ0v) is 17.3. The van der Waals surface area contributed by atoms with Crippen LogP contribution in [0.5, 0.6) is 0 Å². The number of morpholine rings is 1. The normalized spacial score (nSPS) is 17.2. The van der Waals surface area contributed by atoms with Crippen LogP contribution in [0.25, 0.3) is 0 Å². The Morgan fingerprint density at radius 1 is 1.19 bits per heavy atom. The predicted molar refractivity (Wildman–Crippen MR) is 103 cm³/mol. The zero-order chi connectivity index (χ0) is 19.6. The lowest BCUT2D eigenvalue weighted by Gasteiger charge is -2.28. The van der Waals surface area contributed by atoms with Crippen molar-refractivity contribution in [1.82, 2.24) is 14.5 Å². The first kappa shape index (κ1) is 20.0. The third-order valence-corrected chi connectivity index (χ3v) is 6.90. The maximum Gasteiger partial charge on any atom is 0.245 e. The van der Waals surface area contributed by atoms with Crippen LogP contribution in [0.2, 0.25) is 0 Å². The number of aromatic nitrogens is 2. The van der Waals surface area contributed by atoms with Gasteiger partial charge >= 0.3 is 0 Å². The summed E-state index contributed by atoms with van der Waals surface area (Å²) in [6.07, 6.45) is 0. The molecule has 0 radical (unpaired) electrons. The van der Waals surface area contributed by atoms with Crippen LogP contribution in [0.4, 0.5) is 0 Å². The number of sulfonamides is 1. The van der Waals surface area contributed by atoms with Crippen LogP contribution >= 0.6 is 0 Å². The molecule has 0 bridgehead atoms. The van der Waals surface area contributed by atoms with Crippen LogP contribution < -0.4 is 9.62 Å². The number of hydrogen-bond donors (Lipinski definition) is 2. The summed E-state index contributed by atoms with van der Waals surface area (Å²) in [6.45, 7) is 9.41. The number of hydrogen-bond acceptors (Lipinski definition) is 4. The van der Waals surface area contributed by atoms with Crippen molar-refractivity contribution in [3.05, 3.63) is 46.8 Å². The Morgan fingerprint density at radius 2 is 1.81 bits per heavy atom. The molecule has 2 aromatic rings. The summed E-state index contributed by atoms with van der Waals surface area (Å²) < 4.78 is 36.4. The number of nitrogens with zero attached hydrogens (tertiary/aromatic N) is 2. The fraction of sp³-hybridized carbons (Fsp3) is 0.526. The Labute approximate surface area is 161 Å². The van der Waals surface area contributed by atoms with Gasteiger partial charge in [0.25, 0.3) is 0 Å². The second-order valence-electron chi connectivity index (χ2n) is 7.27. The molecule has 7 nitrogen and oxygen atoms in total. The average Bonchev–Trinajstić information content (AvgIpc) is 2.88. The molecule has 1 aliphatic rings. The van der Waals surface area contributed by atoms with Crippen LogP contribution in [-0.2, 0) is 21.8 Å². The number of ether oxygens (including phenoxy) is 1. The van der Waals surface area contributed by atoms with E-state index in [4.69, 9.17) is 4.74 Å². The van der Waals surface area contributed by atoms with Gasteiger partial charge in [-0.25, -0.2) is 8.42 Å². The first-order valence-corrected chi connectivity index (χ1v) is 10.8. The topological polar surface area (TPSA) is 77.7 Å². The van der Waals surface area contributed by atoms with Gasteiger partial charge in [0.15, 0.2) is 0 Å². The van der Waals surface area contributed by atoms with Crippen LogP contribution in [-0.4, -0.2) is 51.0 Å². The SMILES string of the molecule is Cc1ccc([C@H](C[NH+]2CCOCC2)NS(=O)(=O)c2c(C)nn(C)c2C)cc1. The van der Waals surface area contributed by atoms with Gasteiger partial charge in [-0.1, -0.05) is 29.8 Å². The molecule has 0 spiro atoms. The molecule has 8 heteroatoms.